The molecule has 2 atom stereocenters. The van der Waals surface area contributed by atoms with Gasteiger partial charge in [-0.15, -0.1) is 0 Å². The van der Waals surface area contributed by atoms with Gasteiger partial charge >= 0.3 is 5.97 Å². The number of carboxylic acids is 1. The number of amidine groups is 1. The first kappa shape index (κ1) is 17.1. The molecule has 2 aliphatic heterocycles. The Hall–Kier alpha value is -1.72. The van der Waals surface area contributed by atoms with E-state index in [1.54, 1.807) is 0 Å². The molecule has 0 bridgehead atoms. The van der Waals surface area contributed by atoms with E-state index >= 15 is 0 Å². The van der Waals surface area contributed by atoms with Crippen LogP contribution in [0.25, 0.3) is 0 Å². The maximum atomic E-state index is 11.7. The molecule has 0 spiro atoms. The van der Waals surface area contributed by atoms with Crippen LogP contribution in [0.1, 0.15) is 32.4 Å². The van der Waals surface area contributed by atoms with Crippen LogP contribution in [-0.4, -0.2) is 27.2 Å². The Kier molecular flexibility index (Phi) is 4.74. The van der Waals surface area contributed by atoms with E-state index in [9.17, 15) is 9.90 Å². The van der Waals surface area contributed by atoms with Gasteiger partial charge in [0.2, 0.25) is 0 Å². The molecule has 2 aliphatic rings. The zero-order valence-electron chi connectivity index (χ0n) is 13.7. The largest absolute Gasteiger partial charge is 0.477 e. The van der Waals surface area contributed by atoms with E-state index < -0.39 is 5.97 Å². The number of halogens is 1. The van der Waals surface area contributed by atoms with Crippen molar-refractivity contribution in [1.29, 1.82) is 0 Å². The number of benzene rings is 1. The SMILES string of the molecule is C/C=C/C1N=C2SC(C(=O)O)=C(C(C)C)N2C1c1ccc(Cl)cc1. The van der Waals surface area contributed by atoms with Crippen molar-refractivity contribution in [3.05, 3.63) is 57.6 Å². The fourth-order valence-corrected chi connectivity index (χ4v) is 4.48. The van der Waals surface area contributed by atoms with Gasteiger partial charge in [0.1, 0.15) is 4.91 Å². The second-order valence-electron chi connectivity index (χ2n) is 6.07. The molecule has 126 valence electrons. The molecule has 1 N–H and O–H groups in total. The standard InChI is InChI=1S/C18H19ClN2O2S/c1-4-5-13-15(11-6-8-12(19)9-7-11)21-14(10(2)3)16(17(22)23)24-18(21)20-13/h4-10,13,15H,1-3H3,(H,22,23)/b5-4+. The van der Waals surface area contributed by atoms with E-state index in [0.29, 0.717) is 9.93 Å². The molecule has 1 aromatic carbocycles. The highest BCUT2D eigenvalue weighted by Gasteiger charge is 2.45. The van der Waals surface area contributed by atoms with E-state index in [1.165, 1.54) is 11.8 Å². The lowest BCUT2D eigenvalue weighted by Gasteiger charge is -2.30. The highest BCUT2D eigenvalue weighted by atomic mass is 35.5. The summed E-state index contributed by atoms with van der Waals surface area (Å²) in [7, 11) is 0. The lowest BCUT2D eigenvalue weighted by Crippen LogP contribution is -2.30. The van der Waals surface area contributed by atoms with E-state index in [1.807, 2.05) is 51.1 Å². The summed E-state index contributed by atoms with van der Waals surface area (Å²) in [5, 5.41) is 11.0. The predicted molar refractivity (Wildman–Crippen MR) is 99.2 cm³/mol. The van der Waals surface area contributed by atoms with Gasteiger partial charge < -0.3 is 10.0 Å². The number of aliphatic imine (C=N–C) groups is 1. The first-order valence-electron chi connectivity index (χ1n) is 7.84. The lowest BCUT2D eigenvalue weighted by atomic mass is 9.96. The van der Waals surface area contributed by atoms with Crippen LogP contribution in [0.3, 0.4) is 0 Å². The topological polar surface area (TPSA) is 52.9 Å². The van der Waals surface area contributed by atoms with Crippen LogP contribution in [0.5, 0.6) is 0 Å². The summed E-state index contributed by atoms with van der Waals surface area (Å²) in [6.07, 6.45) is 4.05. The third-order valence-corrected chi connectivity index (χ3v) is 5.42. The number of carbonyl (C=O) groups is 1. The third kappa shape index (κ3) is 2.87. The Balaban J connectivity index is 2.10. The number of nitrogens with zero attached hydrogens (tertiary/aromatic N) is 2. The van der Waals surface area contributed by atoms with Gasteiger partial charge in [0.05, 0.1) is 12.1 Å². The molecule has 2 unspecified atom stereocenters. The molecule has 0 amide bonds. The number of carboxylic acid groups (broad SMARTS) is 1. The van der Waals surface area contributed by atoms with Gasteiger partial charge in [0.25, 0.3) is 0 Å². The Morgan fingerprint density at radius 3 is 2.58 bits per heavy atom. The number of allylic oxidation sites excluding steroid dienone is 2. The molecule has 0 aliphatic carbocycles. The summed E-state index contributed by atoms with van der Waals surface area (Å²) >= 11 is 7.28. The normalized spacial score (nSPS) is 23.4. The molecule has 6 heteroatoms. The molecule has 0 saturated heterocycles. The smallest absolute Gasteiger partial charge is 0.344 e. The molecule has 24 heavy (non-hydrogen) atoms. The molecule has 0 fully saturated rings. The van der Waals surface area contributed by atoms with Crippen molar-refractivity contribution in [3.8, 4) is 0 Å². The average Bonchev–Trinajstić information content (AvgIpc) is 3.04. The molecule has 2 heterocycles. The summed E-state index contributed by atoms with van der Waals surface area (Å²) in [4.78, 5) is 18.9. The van der Waals surface area contributed by atoms with Gasteiger partial charge in [-0.1, -0.05) is 49.7 Å². The van der Waals surface area contributed by atoms with Crippen LogP contribution >= 0.6 is 23.4 Å². The zero-order valence-corrected chi connectivity index (χ0v) is 15.3. The van der Waals surface area contributed by atoms with Crippen molar-refractivity contribution in [3.63, 3.8) is 0 Å². The van der Waals surface area contributed by atoms with Crippen LogP contribution in [0.2, 0.25) is 5.02 Å². The number of fused-ring (bicyclic) bond motifs is 1. The van der Waals surface area contributed by atoms with Crippen LogP contribution in [-0.2, 0) is 4.79 Å². The molecule has 0 radical (unpaired) electrons. The minimum Gasteiger partial charge on any atom is -0.477 e. The quantitative estimate of drug-likeness (QED) is 0.789. The van der Waals surface area contributed by atoms with Gasteiger partial charge in [0.15, 0.2) is 5.17 Å². The zero-order chi connectivity index (χ0) is 17.4. The van der Waals surface area contributed by atoms with Crippen LogP contribution < -0.4 is 0 Å². The molecule has 0 saturated carbocycles. The fourth-order valence-electron chi connectivity index (χ4n) is 3.16. The van der Waals surface area contributed by atoms with Crippen molar-refractivity contribution in [2.75, 3.05) is 0 Å². The van der Waals surface area contributed by atoms with Crippen molar-refractivity contribution in [2.45, 2.75) is 32.9 Å². The number of rotatable bonds is 4. The maximum absolute atomic E-state index is 11.7. The van der Waals surface area contributed by atoms with Crippen molar-refractivity contribution >= 4 is 34.5 Å². The Labute approximate surface area is 150 Å². The summed E-state index contributed by atoms with van der Waals surface area (Å²) in [5.74, 6) is -0.798. The van der Waals surface area contributed by atoms with Crippen LogP contribution in [0, 0.1) is 5.92 Å². The van der Waals surface area contributed by atoms with Crippen LogP contribution in [0.15, 0.2) is 52.0 Å². The fraction of sp³-hybridized carbons (Fsp3) is 0.333. The molecular formula is C18H19ClN2O2S. The van der Waals surface area contributed by atoms with Gasteiger partial charge in [-0.05, 0) is 42.3 Å². The molecule has 1 aromatic rings. The van der Waals surface area contributed by atoms with Gasteiger partial charge in [0, 0.05) is 10.7 Å². The molecule has 0 aromatic heterocycles. The third-order valence-electron chi connectivity index (χ3n) is 4.10. The highest BCUT2D eigenvalue weighted by Crippen LogP contribution is 2.48. The first-order chi connectivity index (χ1) is 11.4. The van der Waals surface area contributed by atoms with Crippen molar-refractivity contribution in [2.24, 2.45) is 10.9 Å². The minimum absolute atomic E-state index is 0.0391. The van der Waals surface area contributed by atoms with Crippen LogP contribution in [0.4, 0.5) is 0 Å². The monoisotopic (exact) mass is 362 g/mol. The minimum atomic E-state index is -0.891. The van der Waals surface area contributed by atoms with E-state index in [-0.39, 0.29) is 18.0 Å². The Bertz CT molecular complexity index is 753. The summed E-state index contributed by atoms with van der Waals surface area (Å²) < 4.78 is 0. The Morgan fingerprint density at radius 1 is 1.38 bits per heavy atom. The van der Waals surface area contributed by atoms with E-state index in [2.05, 4.69) is 11.0 Å². The van der Waals surface area contributed by atoms with Crippen molar-refractivity contribution in [1.82, 2.24) is 4.90 Å². The number of aliphatic carboxylic acids is 1. The molecule has 4 nitrogen and oxygen atoms in total. The van der Waals surface area contributed by atoms with Gasteiger partial charge in [-0.2, -0.15) is 0 Å². The Morgan fingerprint density at radius 2 is 2.04 bits per heavy atom. The summed E-state index contributed by atoms with van der Waals surface area (Å²) in [6.45, 7) is 6.00. The highest BCUT2D eigenvalue weighted by molar-refractivity contribution is 8.18. The lowest BCUT2D eigenvalue weighted by molar-refractivity contribution is -0.131. The van der Waals surface area contributed by atoms with Crippen molar-refractivity contribution < 1.29 is 9.90 Å². The second kappa shape index (κ2) is 6.65. The van der Waals surface area contributed by atoms with E-state index in [0.717, 1.165) is 16.4 Å². The first-order valence-corrected chi connectivity index (χ1v) is 9.04. The predicted octanol–water partition coefficient (Wildman–Crippen LogP) is 4.70. The van der Waals surface area contributed by atoms with Gasteiger partial charge in [-0.25, -0.2) is 4.79 Å². The molecular weight excluding hydrogens is 344 g/mol. The molecule has 3 rings (SSSR count). The van der Waals surface area contributed by atoms with Gasteiger partial charge in [-0.3, -0.25) is 4.99 Å². The second-order valence-corrected chi connectivity index (χ2v) is 7.48. The summed E-state index contributed by atoms with van der Waals surface area (Å²) in [6, 6.07) is 7.62. The summed E-state index contributed by atoms with van der Waals surface area (Å²) in [5.41, 5.74) is 1.91. The van der Waals surface area contributed by atoms with E-state index in [4.69, 9.17) is 16.6 Å². The number of thioether (sulfide) groups is 1. The number of hydrogen-bond donors (Lipinski definition) is 1. The number of hydrogen-bond acceptors (Lipinski definition) is 4. The average molecular weight is 363 g/mol. The maximum Gasteiger partial charge on any atom is 0.344 e.